The Morgan fingerprint density at radius 3 is 2.00 bits per heavy atom. The fourth-order valence-corrected chi connectivity index (χ4v) is 3.28. The van der Waals surface area contributed by atoms with Gasteiger partial charge in [0.1, 0.15) is 11.2 Å². The molecule has 166 valence electrons. The smallest absolute Gasteiger partial charge is 0.343 e. The first kappa shape index (κ1) is 27.2. The fraction of sp³-hybridized carbons (Fsp3) is 0.440. The summed E-state index contributed by atoms with van der Waals surface area (Å²) in [6, 6.07) is 9.85. The fourth-order valence-electron chi connectivity index (χ4n) is 3.28. The molecule has 0 aliphatic rings. The van der Waals surface area contributed by atoms with Crippen LogP contribution in [0.4, 0.5) is 0 Å². The molecule has 0 aliphatic carbocycles. The minimum atomic E-state index is -0.594. The Kier molecular flexibility index (Phi) is 12.2. The Morgan fingerprint density at radius 2 is 1.53 bits per heavy atom. The molecule has 1 N–H and O–H groups in total. The maximum Gasteiger partial charge on any atom is 0.343 e. The Balaban J connectivity index is 0.00000129. The van der Waals surface area contributed by atoms with Gasteiger partial charge in [-0.15, -0.1) is 0 Å². The largest absolute Gasteiger partial charge is 0.465 e. The summed E-state index contributed by atoms with van der Waals surface area (Å²) in [6.45, 7) is 18.3. The van der Waals surface area contributed by atoms with Crippen molar-refractivity contribution in [2.24, 2.45) is 0 Å². The lowest BCUT2D eigenvalue weighted by Crippen LogP contribution is -2.23. The summed E-state index contributed by atoms with van der Waals surface area (Å²) >= 11 is 0. The molecule has 0 bridgehead atoms. The van der Waals surface area contributed by atoms with Gasteiger partial charge >= 0.3 is 5.97 Å². The van der Waals surface area contributed by atoms with Gasteiger partial charge in [-0.1, -0.05) is 71.9 Å². The van der Waals surface area contributed by atoms with E-state index in [1.165, 1.54) is 7.11 Å². The van der Waals surface area contributed by atoms with E-state index >= 15 is 0 Å². The number of aromatic amines is 1. The van der Waals surface area contributed by atoms with Crippen molar-refractivity contribution in [1.29, 1.82) is 0 Å². The molecule has 0 atom stereocenters. The quantitative estimate of drug-likeness (QED) is 0.498. The van der Waals surface area contributed by atoms with Crippen LogP contribution in [0.3, 0.4) is 0 Å². The van der Waals surface area contributed by atoms with E-state index in [4.69, 9.17) is 4.74 Å². The highest BCUT2D eigenvalue weighted by Gasteiger charge is 2.23. The first-order chi connectivity index (χ1) is 14.5. The van der Waals surface area contributed by atoms with Crippen LogP contribution in [0.1, 0.15) is 70.1 Å². The molecule has 30 heavy (non-hydrogen) atoms. The molecular weight excluding hydrogens is 376 g/mol. The number of nitrogens with zero attached hydrogens (tertiary/aromatic N) is 1. The molecule has 0 saturated carbocycles. The van der Waals surface area contributed by atoms with Crippen LogP contribution in [-0.2, 0) is 11.3 Å². The topological polar surface area (TPSA) is 64.1 Å². The summed E-state index contributed by atoms with van der Waals surface area (Å²) in [7, 11) is 1.29. The number of carbonyl (C=O) groups is 1. The number of fused-ring (bicyclic) bond motifs is 1. The summed E-state index contributed by atoms with van der Waals surface area (Å²) in [5.41, 5.74) is 3.92. The van der Waals surface area contributed by atoms with E-state index in [0.717, 1.165) is 22.5 Å². The minimum absolute atomic E-state index is 0.105. The van der Waals surface area contributed by atoms with E-state index in [1.54, 1.807) is 6.92 Å². The molecule has 2 aromatic heterocycles. The van der Waals surface area contributed by atoms with Crippen molar-refractivity contribution >= 4 is 17.0 Å². The molecule has 5 heteroatoms. The first-order valence-corrected chi connectivity index (χ1v) is 10.9. The van der Waals surface area contributed by atoms with Gasteiger partial charge in [0.25, 0.3) is 0 Å². The summed E-state index contributed by atoms with van der Waals surface area (Å²) in [6.07, 6.45) is 0. The number of rotatable bonds is 3. The second-order valence-corrected chi connectivity index (χ2v) is 5.74. The predicted octanol–water partition coefficient (Wildman–Crippen LogP) is 6.50. The van der Waals surface area contributed by atoms with Gasteiger partial charge in [-0.25, -0.2) is 4.79 Å². The van der Waals surface area contributed by atoms with Crippen LogP contribution in [0.25, 0.3) is 22.3 Å². The standard InChI is InChI=1S/C19H20N2O3.3C2H6/c1-5-21-12(3)15(19(23)24-4)17(22)14-11(2)16(20-18(14)21)13-9-7-6-8-10-13;3*1-2/h6-10,20H,5H2,1-4H3;3*1-2H3. The van der Waals surface area contributed by atoms with Crippen molar-refractivity contribution < 1.29 is 9.53 Å². The molecule has 1 aromatic carbocycles. The van der Waals surface area contributed by atoms with E-state index in [-0.39, 0.29) is 11.0 Å². The number of nitrogens with one attached hydrogen (secondary N) is 1. The average molecular weight is 415 g/mol. The number of esters is 1. The van der Waals surface area contributed by atoms with Crippen LogP contribution in [0.15, 0.2) is 35.1 Å². The molecule has 0 saturated heterocycles. The maximum absolute atomic E-state index is 12.9. The van der Waals surface area contributed by atoms with Gasteiger partial charge < -0.3 is 14.3 Å². The van der Waals surface area contributed by atoms with Gasteiger partial charge in [0, 0.05) is 12.2 Å². The van der Waals surface area contributed by atoms with E-state index < -0.39 is 5.97 Å². The number of aryl methyl sites for hydroxylation is 2. The van der Waals surface area contributed by atoms with Crippen LogP contribution in [-0.4, -0.2) is 22.6 Å². The van der Waals surface area contributed by atoms with Crippen LogP contribution in [0.5, 0.6) is 0 Å². The third-order valence-corrected chi connectivity index (χ3v) is 4.49. The Labute approximate surface area is 181 Å². The Bertz CT molecular complexity index is 983. The Morgan fingerprint density at radius 1 is 1.00 bits per heavy atom. The average Bonchev–Trinajstić information content (AvgIpc) is 3.15. The predicted molar refractivity (Wildman–Crippen MR) is 129 cm³/mol. The van der Waals surface area contributed by atoms with Crippen LogP contribution in [0.2, 0.25) is 0 Å². The van der Waals surface area contributed by atoms with Crippen molar-refractivity contribution in [3.8, 4) is 11.3 Å². The Hall–Kier alpha value is -2.82. The van der Waals surface area contributed by atoms with E-state index in [2.05, 4.69) is 4.98 Å². The maximum atomic E-state index is 12.9. The molecule has 0 fully saturated rings. The number of carbonyl (C=O) groups excluding carboxylic acids is 1. The molecule has 3 rings (SSSR count). The lowest BCUT2D eigenvalue weighted by atomic mass is 10.0. The zero-order valence-corrected chi connectivity index (χ0v) is 20.3. The van der Waals surface area contributed by atoms with E-state index in [0.29, 0.717) is 17.6 Å². The number of aromatic nitrogens is 2. The van der Waals surface area contributed by atoms with Gasteiger partial charge in [-0.3, -0.25) is 4.79 Å². The highest BCUT2D eigenvalue weighted by Crippen LogP contribution is 2.29. The molecule has 5 nitrogen and oxygen atoms in total. The van der Waals surface area contributed by atoms with Gasteiger partial charge in [0.15, 0.2) is 0 Å². The highest BCUT2D eigenvalue weighted by atomic mass is 16.5. The van der Waals surface area contributed by atoms with E-state index in [1.807, 2.05) is 90.3 Å². The number of hydrogen-bond acceptors (Lipinski definition) is 3. The highest BCUT2D eigenvalue weighted by molar-refractivity contribution is 5.97. The molecule has 0 spiro atoms. The SMILES string of the molecule is CC.CC.CC.CCn1c(C)c(C(=O)OC)c(=O)c2c(C)c(-c3ccccc3)[nH]c21. The minimum Gasteiger partial charge on any atom is -0.465 e. The molecule has 2 heterocycles. The number of methoxy groups -OCH3 is 1. The van der Waals surface area contributed by atoms with Crippen molar-refractivity contribution in [1.82, 2.24) is 9.55 Å². The van der Waals surface area contributed by atoms with E-state index in [9.17, 15) is 9.59 Å². The number of benzene rings is 1. The van der Waals surface area contributed by atoms with Crippen molar-refractivity contribution in [2.75, 3.05) is 7.11 Å². The molecule has 0 amide bonds. The number of ether oxygens (including phenoxy) is 1. The second-order valence-electron chi connectivity index (χ2n) is 5.74. The number of hydrogen-bond donors (Lipinski definition) is 1. The molecule has 0 radical (unpaired) electrons. The third kappa shape index (κ3) is 5.21. The second kappa shape index (κ2) is 13.4. The summed E-state index contributed by atoms with van der Waals surface area (Å²) in [5.74, 6) is -0.594. The lowest BCUT2D eigenvalue weighted by molar-refractivity contribution is 0.0597. The van der Waals surface area contributed by atoms with Crippen LogP contribution < -0.4 is 5.43 Å². The third-order valence-electron chi connectivity index (χ3n) is 4.49. The van der Waals surface area contributed by atoms with Crippen molar-refractivity contribution in [2.45, 2.75) is 68.9 Å². The lowest BCUT2D eigenvalue weighted by Gasteiger charge is -2.13. The van der Waals surface area contributed by atoms with Crippen LogP contribution in [0, 0.1) is 13.8 Å². The van der Waals surface area contributed by atoms with Crippen molar-refractivity contribution in [3.05, 3.63) is 57.4 Å². The molecular formula is C25H38N2O3. The zero-order valence-electron chi connectivity index (χ0n) is 20.3. The van der Waals surface area contributed by atoms with Crippen LogP contribution >= 0.6 is 0 Å². The molecule has 0 aliphatic heterocycles. The number of pyridine rings is 1. The molecule has 0 unspecified atom stereocenters. The van der Waals surface area contributed by atoms with Gasteiger partial charge in [0.2, 0.25) is 5.43 Å². The zero-order chi connectivity index (χ0) is 23.4. The summed E-state index contributed by atoms with van der Waals surface area (Å²) in [5, 5.41) is 0.543. The van der Waals surface area contributed by atoms with Gasteiger partial charge in [-0.2, -0.15) is 0 Å². The summed E-state index contributed by atoms with van der Waals surface area (Å²) in [4.78, 5) is 28.4. The normalized spacial score (nSPS) is 9.40. The van der Waals surface area contributed by atoms with Gasteiger partial charge in [0.05, 0.1) is 18.2 Å². The number of H-pyrrole nitrogens is 1. The monoisotopic (exact) mass is 414 g/mol. The summed E-state index contributed by atoms with van der Waals surface area (Å²) < 4.78 is 6.76. The van der Waals surface area contributed by atoms with Crippen molar-refractivity contribution in [3.63, 3.8) is 0 Å². The van der Waals surface area contributed by atoms with Gasteiger partial charge in [-0.05, 0) is 31.9 Å². The first-order valence-electron chi connectivity index (χ1n) is 10.9. The molecule has 3 aromatic rings.